The summed E-state index contributed by atoms with van der Waals surface area (Å²) in [7, 11) is 0. The van der Waals surface area contributed by atoms with Gasteiger partial charge in [0.05, 0.1) is 25.1 Å². The fraction of sp³-hybridized carbons (Fsp3) is 0.111. The highest BCUT2D eigenvalue weighted by Crippen LogP contribution is 2.29. The number of anilines is 2. The van der Waals surface area contributed by atoms with Gasteiger partial charge < -0.3 is 15.0 Å². The van der Waals surface area contributed by atoms with Crippen LogP contribution in [-0.4, -0.2) is 56.7 Å². The molecule has 1 aliphatic heterocycles. The molecule has 0 saturated carbocycles. The van der Waals surface area contributed by atoms with Crippen LogP contribution in [0.3, 0.4) is 0 Å². The highest BCUT2D eigenvalue weighted by molar-refractivity contribution is 5.94. The molecule has 0 unspecified atom stereocenters. The smallest absolute Gasteiger partial charge is 0.254 e. The number of hydrogen-bond acceptors (Lipinski definition) is 6. The molecule has 1 N–H and O–H groups in total. The van der Waals surface area contributed by atoms with Crippen LogP contribution < -0.4 is 5.32 Å². The maximum Gasteiger partial charge on any atom is 0.254 e. The molecule has 1 amide bonds. The number of carbonyl (C=O) groups excluding carboxylic acids is 1. The summed E-state index contributed by atoms with van der Waals surface area (Å²) < 4.78 is 7.10. The summed E-state index contributed by atoms with van der Waals surface area (Å²) in [6.45, 7) is 2.38. The molecule has 1 saturated heterocycles. The van der Waals surface area contributed by atoms with Crippen LogP contribution in [-0.2, 0) is 4.74 Å². The van der Waals surface area contributed by atoms with Crippen LogP contribution in [0.15, 0.2) is 116 Å². The van der Waals surface area contributed by atoms with E-state index >= 15 is 0 Å². The van der Waals surface area contributed by atoms with Gasteiger partial charge in [0.1, 0.15) is 11.5 Å². The normalized spacial score (nSPS) is 12.9. The Bertz CT molecular complexity index is 2000. The lowest BCUT2D eigenvalue weighted by atomic mass is 10.0. The van der Waals surface area contributed by atoms with Gasteiger partial charge in [-0.15, -0.1) is 0 Å². The number of ether oxygens (including phenoxy) is 1. The van der Waals surface area contributed by atoms with E-state index in [0.29, 0.717) is 49.0 Å². The van der Waals surface area contributed by atoms with Crippen LogP contribution in [0, 0.1) is 11.8 Å². The molecule has 0 aliphatic carbocycles. The number of fused-ring (bicyclic) bond motifs is 1. The third kappa shape index (κ3) is 5.77. The molecule has 8 nitrogen and oxygen atoms in total. The van der Waals surface area contributed by atoms with Crippen molar-refractivity contribution in [1.82, 2.24) is 24.5 Å². The van der Waals surface area contributed by atoms with Gasteiger partial charge in [-0.05, 0) is 53.9 Å². The van der Waals surface area contributed by atoms with Crippen molar-refractivity contribution < 1.29 is 9.53 Å². The standard InChI is InChI=1S/C36H28N6O2/c43-36(41-20-22-44-23-21-41)29-13-11-28(12-14-29)32-16-17-35-38-25-30(42(35)40-32)15-10-26-18-19-37-34(24-26)39-33-9-5-4-8-31(33)27-6-2-1-3-7-27/h1-9,11-14,16-19,24-25H,20-23H2,(H,37,39). The molecule has 0 spiro atoms. The molecule has 7 rings (SSSR count). The van der Waals surface area contributed by atoms with Gasteiger partial charge >= 0.3 is 0 Å². The predicted octanol–water partition coefficient (Wildman–Crippen LogP) is 6.07. The fourth-order valence-electron chi connectivity index (χ4n) is 5.16. The molecule has 214 valence electrons. The predicted molar refractivity (Wildman–Crippen MR) is 171 cm³/mol. The van der Waals surface area contributed by atoms with Crippen molar-refractivity contribution in [2.75, 3.05) is 31.6 Å². The van der Waals surface area contributed by atoms with Gasteiger partial charge in [-0.2, -0.15) is 5.10 Å². The Balaban J connectivity index is 1.11. The number of morpholine rings is 1. The Morgan fingerprint density at radius 3 is 2.43 bits per heavy atom. The number of carbonyl (C=O) groups is 1. The maximum absolute atomic E-state index is 12.8. The molecule has 8 heteroatoms. The van der Waals surface area contributed by atoms with Crippen molar-refractivity contribution in [3.05, 3.63) is 132 Å². The summed E-state index contributed by atoms with van der Waals surface area (Å²) >= 11 is 0. The van der Waals surface area contributed by atoms with Gasteiger partial charge in [0.2, 0.25) is 0 Å². The lowest BCUT2D eigenvalue weighted by Crippen LogP contribution is -2.40. The second-order valence-corrected chi connectivity index (χ2v) is 10.3. The fourth-order valence-corrected chi connectivity index (χ4v) is 5.16. The van der Waals surface area contributed by atoms with E-state index in [1.165, 1.54) is 0 Å². The van der Waals surface area contributed by atoms with Crippen LogP contribution in [0.1, 0.15) is 21.6 Å². The molecule has 1 fully saturated rings. The number of amides is 1. The summed E-state index contributed by atoms with van der Waals surface area (Å²) in [5, 5.41) is 8.26. The van der Waals surface area contributed by atoms with Gasteiger partial charge in [0.15, 0.2) is 5.65 Å². The quantitative estimate of drug-likeness (QED) is 0.251. The Morgan fingerprint density at radius 1 is 0.795 bits per heavy atom. The van der Waals surface area contributed by atoms with E-state index in [-0.39, 0.29) is 5.91 Å². The molecule has 44 heavy (non-hydrogen) atoms. The van der Waals surface area contributed by atoms with E-state index in [1.807, 2.05) is 89.8 Å². The SMILES string of the molecule is O=C(c1ccc(-c2ccc3ncc(C#Cc4ccnc(Nc5ccccc5-c5ccccc5)c4)n3n2)cc1)N1CCOCC1. The van der Waals surface area contributed by atoms with Crippen molar-refractivity contribution in [3.63, 3.8) is 0 Å². The van der Waals surface area contributed by atoms with Crippen molar-refractivity contribution in [2.45, 2.75) is 0 Å². The lowest BCUT2D eigenvalue weighted by Gasteiger charge is -2.26. The maximum atomic E-state index is 12.8. The average molecular weight is 577 g/mol. The Morgan fingerprint density at radius 2 is 1.59 bits per heavy atom. The van der Waals surface area contributed by atoms with Crippen molar-refractivity contribution in [1.29, 1.82) is 0 Å². The number of para-hydroxylation sites is 1. The first-order valence-corrected chi connectivity index (χ1v) is 14.4. The molecule has 3 aromatic heterocycles. The van der Waals surface area contributed by atoms with Crippen molar-refractivity contribution in [3.8, 4) is 34.2 Å². The topological polar surface area (TPSA) is 84.7 Å². The first-order valence-electron chi connectivity index (χ1n) is 14.4. The van der Waals surface area contributed by atoms with Gasteiger partial charge in [-0.25, -0.2) is 14.5 Å². The molecule has 6 aromatic rings. The molecule has 1 aliphatic rings. The highest BCUT2D eigenvalue weighted by atomic mass is 16.5. The van der Waals surface area contributed by atoms with Crippen molar-refractivity contribution >= 4 is 23.1 Å². The van der Waals surface area contributed by atoms with Crippen LogP contribution in [0.5, 0.6) is 0 Å². The number of pyridine rings is 1. The summed E-state index contributed by atoms with van der Waals surface area (Å²) in [5.74, 6) is 7.19. The van der Waals surface area contributed by atoms with Gasteiger partial charge in [0, 0.05) is 47.2 Å². The number of benzene rings is 3. The summed E-state index contributed by atoms with van der Waals surface area (Å²) in [5.41, 5.74) is 7.68. The lowest BCUT2D eigenvalue weighted by molar-refractivity contribution is 0.0303. The van der Waals surface area contributed by atoms with E-state index in [9.17, 15) is 4.79 Å². The minimum absolute atomic E-state index is 0.0188. The zero-order valence-corrected chi connectivity index (χ0v) is 23.9. The monoisotopic (exact) mass is 576 g/mol. The highest BCUT2D eigenvalue weighted by Gasteiger charge is 2.18. The molecular weight excluding hydrogens is 548 g/mol. The summed E-state index contributed by atoms with van der Waals surface area (Å²) in [6, 6.07) is 33.6. The largest absolute Gasteiger partial charge is 0.378 e. The van der Waals surface area contributed by atoms with Crippen LogP contribution >= 0.6 is 0 Å². The molecule has 4 heterocycles. The van der Waals surface area contributed by atoms with Gasteiger partial charge in [-0.3, -0.25) is 4.79 Å². The zero-order chi connectivity index (χ0) is 29.7. The van der Waals surface area contributed by atoms with E-state index in [2.05, 4.69) is 45.3 Å². The first kappa shape index (κ1) is 27.1. The molecule has 3 aromatic carbocycles. The van der Waals surface area contributed by atoms with E-state index < -0.39 is 0 Å². The Hall–Kier alpha value is -5.78. The third-order valence-corrected chi connectivity index (χ3v) is 7.46. The minimum atomic E-state index is 0.0188. The Kier molecular flexibility index (Phi) is 7.52. The summed E-state index contributed by atoms with van der Waals surface area (Å²) in [6.07, 6.45) is 3.47. The van der Waals surface area contributed by atoms with E-state index in [4.69, 9.17) is 9.84 Å². The third-order valence-electron chi connectivity index (χ3n) is 7.46. The van der Waals surface area contributed by atoms with Gasteiger partial charge in [-0.1, -0.05) is 66.6 Å². The van der Waals surface area contributed by atoms with Crippen LogP contribution in [0.2, 0.25) is 0 Å². The average Bonchev–Trinajstić information content (AvgIpc) is 3.50. The number of hydrogen-bond donors (Lipinski definition) is 1. The second-order valence-electron chi connectivity index (χ2n) is 10.3. The van der Waals surface area contributed by atoms with Crippen LogP contribution in [0.25, 0.3) is 28.0 Å². The van der Waals surface area contributed by atoms with E-state index in [1.54, 1.807) is 16.9 Å². The molecule has 0 atom stereocenters. The van der Waals surface area contributed by atoms with Gasteiger partial charge in [0.25, 0.3) is 5.91 Å². The molecule has 0 bridgehead atoms. The number of nitrogens with zero attached hydrogens (tertiary/aromatic N) is 5. The number of rotatable bonds is 5. The van der Waals surface area contributed by atoms with E-state index in [0.717, 1.165) is 33.6 Å². The zero-order valence-electron chi connectivity index (χ0n) is 23.9. The van der Waals surface area contributed by atoms with Crippen molar-refractivity contribution in [2.24, 2.45) is 0 Å². The first-order chi connectivity index (χ1) is 21.7. The number of aromatic nitrogens is 4. The number of nitrogens with one attached hydrogen (secondary N) is 1. The van der Waals surface area contributed by atoms with Crippen LogP contribution in [0.4, 0.5) is 11.5 Å². The molecule has 0 radical (unpaired) electrons. The number of imidazole rings is 1. The second kappa shape index (κ2) is 12.2. The molecular formula is C36H28N6O2. The Labute approximate surface area is 255 Å². The minimum Gasteiger partial charge on any atom is -0.378 e. The summed E-state index contributed by atoms with van der Waals surface area (Å²) in [4.78, 5) is 23.6.